The maximum absolute atomic E-state index is 5.97. The number of aromatic amines is 1. The Morgan fingerprint density at radius 2 is 2.05 bits per heavy atom. The lowest BCUT2D eigenvalue weighted by Gasteiger charge is -2.32. The Bertz CT molecular complexity index is 379. The molecule has 1 aromatic rings. The Hall–Kier alpha value is -1.10. The van der Waals surface area contributed by atoms with Crippen LogP contribution in [0.4, 0.5) is 5.95 Å². The van der Waals surface area contributed by atoms with Crippen LogP contribution in [0.2, 0.25) is 0 Å². The summed E-state index contributed by atoms with van der Waals surface area (Å²) in [7, 11) is 0. The van der Waals surface area contributed by atoms with Crippen molar-refractivity contribution in [3.8, 4) is 0 Å². The summed E-state index contributed by atoms with van der Waals surface area (Å²) in [5, 5.41) is 7.47. The molecule has 2 rings (SSSR count). The molecule has 2 unspecified atom stereocenters. The average molecular weight is 265 g/mol. The molecule has 1 aliphatic heterocycles. The minimum Gasteiger partial charge on any atom is -0.340 e. The quantitative estimate of drug-likeness (QED) is 0.856. The van der Waals surface area contributed by atoms with Gasteiger partial charge in [0, 0.05) is 25.0 Å². The molecule has 0 aromatic carbocycles. The van der Waals surface area contributed by atoms with Crippen LogP contribution in [0.5, 0.6) is 0 Å². The number of hydrogen-bond donors (Lipinski definition) is 2. The zero-order valence-electron chi connectivity index (χ0n) is 12.4. The normalized spacial score (nSPS) is 20.5. The van der Waals surface area contributed by atoms with Gasteiger partial charge in [-0.25, -0.2) is 0 Å². The third-order valence-electron chi connectivity index (χ3n) is 4.25. The van der Waals surface area contributed by atoms with Crippen LogP contribution in [-0.2, 0) is 0 Å². The highest BCUT2D eigenvalue weighted by atomic mass is 15.4. The third-order valence-corrected chi connectivity index (χ3v) is 4.25. The van der Waals surface area contributed by atoms with Gasteiger partial charge in [-0.1, -0.05) is 20.3 Å². The number of nitrogens with two attached hydrogens (primary N) is 1. The van der Waals surface area contributed by atoms with Gasteiger partial charge in [0.2, 0.25) is 5.95 Å². The number of anilines is 1. The Morgan fingerprint density at radius 3 is 2.63 bits per heavy atom. The predicted molar refractivity (Wildman–Crippen MR) is 78.3 cm³/mol. The first-order valence-corrected chi connectivity index (χ1v) is 7.54. The van der Waals surface area contributed by atoms with Crippen molar-refractivity contribution >= 4 is 5.95 Å². The second-order valence-corrected chi connectivity index (χ2v) is 5.89. The van der Waals surface area contributed by atoms with E-state index in [2.05, 4.69) is 40.9 Å². The van der Waals surface area contributed by atoms with Gasteiger partial charge in [-0.3, -0.25) is 5.10 Å². The van der Waals surface area contributed by atoms with Crippen LogP contribution in [0, 0.1) is 5.92 Å². The fraction of sp³-hybridized carbons (Fsp3) is 0.857. The average Bonchev–Trinajstić information content (AvgIpc) is 2.89. The van der Waals surface area contributed by atoms with Gasteiger partial charge in [0.05, 0.1) is 0 Å². The van der Waals surface area contributed by atoms with E-state index in [0.717, 1.165) is 44.1 Å². The lowest BCUT2D eigenvalue weighted by molar-refractivity contribution is 0.352. The van der Waals surface area contributed by atoms with Crippen molar-refractivity contribution in [1.29, 1.82) is 0 Å². The first kappa shape index (κ1) is 14.3. The highest BCUT2D eigenvalue weighted by Gasteiger charge is 2.24. The molecule has 0 radical (unpaired) electrons. The van der Waals surface area contributed by atoms with Gasteiger partial charge in [0.15, 0.2) is 0 Å². The minimum atomic E-state index is 0.300. The van der Waals surface area contributed by atoms with Crippen LogP contribution in [0.1, 0.15) is 58.2 Å². The summed E-state index contributed by atoms with van der Waals surface area (Å²) >= 11 is 0. The van der Waals surface area contributed by atoms with Gasteiger partial charge in [0.1, 0.15) is 5.82 Å². The summed E-state index contributed by atoms with van der Waals surface area (Å²) in [5.41, 5.74) is 5.97. The Balaban J connectivity index is 1.93. The molecular weight excluding hydrogens is 238 g/mol. The smallest absolute Gasteiger partial charge is 0.244 e. The van der Waals surface area contributed by atoms with Crippen molar-refractivity contribution in [1.82, 2.24) is 15.2 Å². The molecule has 5 nitrogen and oxygen atoms in total. The predicted octanol–water partition coefficient (Wildman–Crippen LogP) is 2.27. The summed E-state index contributed by atoms with van der Waals surface area (Å²) in [4.78, 5) is 6.93. The highest BCUT2D eigenvalue weighted by molar-refractivity contribution is 5.29. The number of nitrogens with one attached hydrogen (secondary N) is 1. The summed E-state index contributed by atoms with van der Waals surface area (Å²) < 4.78 is 0. The third kappa shape index (κ3) is 3.47. The number of nitrogens with zero attached hydrogens (tertiary/aromatic N) is 3. The number of piperidine rings is 1. The van der Waals surface area contributed by atoms with Crippen LogP contribution < -0.4 is 10.6 Å². The topological polar surface area (TPSA) is 70.8 Å². The second kappa shape index (κ2) is 6.37. The van der Waals surface area contributed by atoms with Crippen molar-refractivity contribution in [2.45, 2.75) is 58.4 Å². The fourth-order valence-electron chi connectivity index (χ4n) is 2.82. The van der Waals surface area contributed by atoms with E-state index >= 15 is 0 Å². The summed E-state index contributed by atoms with van der Waals surface area (Å²) in [6.45, 7) is 8.55. The van der Waals surface area contributed by atoms with Crippen LogP contribution in [-0.4, -0.2) is 34.3 Å². The van der Waals surface area contributed by atoms with E-state index in [0.29, 0.717) is 17.9 Å². The van der Waals surface area contributed by atoms with Gasteiger partial charge in [0.25, 0.3) is 0 Å². The molecule has 108 valence electrons. The molecule has 0 bridgehead atoms. The molecule has 1 aliphatic rings. The molecule has 0 aliphatic carbocycles. The standard InChI is InChI=1S/C14H27N5/c1-4-5-10(2)13-16-14(18-17-13)19-8-6-12(7-9-19)11(3)15/h10-12H,4-9,15H2,1-3H3,(H,16,17,18). The van der Waals surface area contributed by atoms with Crippen LogP contribution in [0.3, 0.4) is 0 Å². The van der Waals surface area contributed by atoms with Gasteiger partial charge in [-0.2, -0.15) is 4.98 Å². The van der Waals surface area contributed by atoms with E-state index in [-0.39, 0.29) is 0 Å². The van der Waals surface area contributed by atoms with Gasteiger partial charge >= 0.3 is 0 Å². The molecular formula is C14H27N5. The highest BCUT2D eigenvalue weighted by Crippen LogP contribution is 2.24. The molecule has 1 aromatic heterocycles. The molecule has 0 spiro atoms. The first-order chi connectivity index (χ1) is 9.11. The molecule has 19 heavy (non-hydrogen) atoms. The zero-order chi connectivity index (χ0) is 13.8. The molecule has 1 saturated heterocycles. The van der Waals surface area contributed by atoms with E-state index in [1.165, 1.54) is 6.42 Å². The lowest BCUT2D eigenvalue weighted by atomic mass is 9.91. The second-order valence-electron chi connectivity index (χ2n) is 5.89. The fourth-order valence-corrected chi connectivity index (χ4v) is 2.82. The van der Waals surface area contributed by atoms with Gasteiger partial charge in [-0.15, -0.1) is 5.10 Å². The minimum absolute atomic E-state index is 0.300. The van der Waals surface area contributed by atoms with Gasteiger partial charge < -0.3 is 10.6 Å². The monoisotopic (exact) mass is 265 g/mol. The van der Waals surface area contributed by atoms with E-state index in [9.17, 15) is 0 Å². The Labute approximate surface area is 116 Å². The Kier molecular flexibility index (Phi) is 4.80. The SMILES string of the molecule is CCCC(C)c1nc(N2CCC(C(C)N)CC2)n[nH]1. The Morgan fingerprint density at radius 1 is 1.37 bits per heavy atom. The van der Waals surface area contributed by atoms with E-state index < -0.39 is 0 Å². The van der Waals surface area contributed by atoms with Crippen molar-refractivity contribution in [3.63, 3.8) is 0 Å². The summed E-state index contributed by atoms with van der Waals surface area (Å²) in [5.74, 6) is 2.99. The molecule has 1 fully saturated rings. The van der Waals surface area contributed by atoms with E-state index in [1.54, 1.807) is 0 Å². The van der Waals surface area contributed by atoms with Crippen LogP contribution in [0.25, 0.3) is 0 Å². The summed E-state index contributed by atoms with van der Waals surface area (Å²) in [6.07, 6.45) is 4.62. The van der Waals surface area contributed by atoms with Crippen molar-refractivity contribution < 1.29 is 0 Å². The molecule has 0 saturated carbocycles. The molecule has 3 N–H and O–H groups in total. The van der Waals surface area contributed by atoms with Crippen LogP contribution in [0.15, 0.2) is 0 Å². The van der Waals surface area contributed by atoms with E-state index in [4.69, 9.17) is 5.73 Å². The largest absolute Gasteiger partial charge is 0.340 e. The van der Waals surface area contributed by atoms with Crippen molar-refractivity contribution in [2.75, 3.05) is 18.0 Å². The molecule has 2 atom stereocenters. The van der Waals surface area contributed by atoms with Crippen LogP contribution >= 0.6 is 0 Å². The number of H-pyrrole nitrogens is 1. The first-order valence-electron chi connectivity index (χ1n) is 7.54. The number of hydrogen-bond acceptors (Lipinski definition) is 4. The molecule has 5 heteroatoms. The van der Waals surface area contributed by atoms with E-state index in [1.807, 2.05) is 0 Å². The molecule has 0 amide bonds. The summed E-state index contributed by atoms with van der Waals surface area (Å²) in [6, 6.07) is 0.300. The number of aromatic nitrogens is 3. The zero-order valence-corrected chi connectivity index (χ0v) is 12.4. The van der Waals surface area contributed by atoms with Gasteiger partial charge in [-0.05, 0) is 32.1 Å². The van der Waals surface area contributed by atoms with Crippen molar-refractivity contribution in [3.05, 3.63) is 5.82 Å². The maximum atomic E-state index is 5.97. The number of rotatable bonds is 5. The van der Waals surface area contributed by atoms with Crippen molar-refractivity contribution in [2.24, 2.45) is 11.7 Å². The maximum Gasteiger partial charge on any atom is 0.244 e. The lowest BCUT2D eigenvalue weighted by Crippen LogP contribution is -2.40. The molecule has 2 heterocycles.